The summed E-state index contributed by atoms with van der Waals surface area (Å²) in [4.78, 5) is 25.1. The average molecular weight is 377 g/mol. The second-order valence-corrected chi connectivity index (χ2v) is 5.53. The highest BCUT2D eigenvalue weighted by Gasteiger charge is 2.05. The minimum Gasteiger partial charge on any atom is -0.295 e. The van der Waals surface area contributed by atoms with Crippen molar-refractivity contribution in [3.05, 3.63) is 65.0 Å². The molecule has 0 spiro atoms. The van der Waals surface area contributed by atoms with Crippen LogP contribution in [0, 0.1) is 10.5 Å². The lowest BCUT2D eigenvalue weighted by Gasteiger charge is -2.08. The molecule has 0 fully saturated rings. The Labute approximate surface area is 122 Å². The van der Waals surface area contributed by atoms with E-state index in [0.717, 1.165) is 11.1 Å². The second kappa shape index (κ2) is 5.27. The topological polar surface area (TPSA) is 54.9 Å². The summed E-state index contributed by atoms with van der Waals surface area (Å²) in [6.45, 7) is 2.29. The van der Waals surface area contributed by atoms with Crippen molar-refractivity contribution in [1.29, 1.82) is 0 Å². The molecule has 0 aliphatic heterocycles. The second-order valence-electron chi connectivity index (χ2n) is 3.96. The van der Waals surface area contributed by atoms with Gasteiger partial charge in [0.05, 0.1) is 10.1 Å². The first-order valence-corrected chi connectivity index (χ1v) is 6.67. The van der Waals surface area contributed by atoms with Crippen molar-refractivity contribution in [1.82, 2.24) is 9.55 Å². The molecule has 4 nitrogen and oxygen atoms in total. The van der Waals surface area contributed by atoms with Crippen LogP contribution in [-0.4, -0.2) is 9.55 Å². The predicted octanol–water partition coefficient (Wildman–Crippen LogP) is 2.15. The Balaban J connectivity index is 2.43. The van der Waals surface area contributed by atoms with Crippen LogP contribution < -0.4 is 11.2 Å². The van der Waals surface area contributed by atoms with Gasteiger partial charge in [-0.15, -0.1) is 0 Å². The van der Waals surface area contributed by atoms with E-state index in [-0.39, 0.29) is 5.56 Å². The summed E-state index contributed by atoms with van der Waals surface area (Å²) in [7, 11) is 0. The fourth-order valence-electron chi connectivity index (χ4n) is 1.56. The smallest absolute Gasteiger partial charge is 0.295 e. The molecule has 2 aromatic rings. The number of halogens is 2. The van der Waals surface area contributed by atoms with Gasteiger partial charge < -0.3 is 0 Å². The van der Waals surface area contributed by atoms with E-state index in [1.165, 1.54) is 10.8 Å². The fourth-order valence-corrected chi connectivity index (χ4v) is 2.33. The summed E-state index contributed by atoms with van der Waals surface area (Å²) in [6.07, 6.45) is 1.53. The van der Waals surface area contributed by atoms with E-state index in [4.69, 9.17) is 11.6 Å². The monoisotopic (exact) mass is 376 g/mol. The first-order valence-electron chi connectivity index (χ1n) is 5.21. The molecule has 0 atom stereocenters. The zero-order valence-corrected chi connectivity index (χ0v) is 12.4. The Bertz CT molecular complexity index is 706. The molecule has 0 amide bonds. The molecule has 18 heavy (non-hydrogen) atoms. The van der Waals surface area contributed by atoms with E-state index in [2.05, 4.69) is 4.98 Å². The first-order chi connectivity index (χ1) is 8.47. The highest BCUT2D eigenvalue weighted by atomic mass is 127. The molecular weight excluding hydrogens is 367 g/mol. The van der Waals surface area contributed by atoms with E-state index in [1.54, 1.807) is 0 Å². The third kappa shape index (κ3) is 2.84. The number of aryl methyl sites for hydroxylation is 1. The quantitative estimate of drug-likeness (QED) is 0.817. The summed E-state index contributed by atoms with van der Waals surface area (Å²) in [5, 5.41) is 0.614. The number of nitrogens with one attached hydrogen (secondary N) is 1. The van der Waals surface area contributed by atoms with Crippen molar-refractivity contribution in [3.8, 4) is 0 Å². The Morgan fingerprint density at radius 3 is 2.78 bits per heavy atom. The molecule has 0 unspecified atom stereocenters. The van der Waals surface area contributed by atoms with Crippen LogP contribution in [-0.2, 0) is 6.54 Å². The molecule has 94 valence electrons. The lowest BCUT2D eigenvalue weighted by atomic mass is 10.1. The number of H-pyrrole nitrogens is 1. The van der Waals surface area contributed by atoms with Crippen LogP contribution in [0.3, 0.4) is 0 Å². The molecule has 0 aliphatic carbocycles. The van der Waals surface area contributed by atoms with E-state index >= 15 is 0 Å². The minimum absolute atomic E-state index is 0.338. The number of benzene rings is 1. The maximum absolute atomic E-state index is 11.6. The predicted molar refractivity (Wildman–Crippen MR) is 79.3 cm³/mol. The zero-order valence-electron chi connectivity index (χ0n) is 9.54. The molecule has 0 saturated heterocycles. The number of aromatic nitrogens is 2. The number of nitrogens with zero attached hydrogens (tertiary/aromatic N) is 1. The molecule has 1 heterocycles. The molecule has 0 aliphatic rings. The average Bonchev–Trinajstić information content (AvgIpc) is 2.29. The summed E-state index contributed by atoms with van der Waals surface area (Å²) < 4.78 is 1.90. The van der Waals surface area contributed by atoms with Gasteiger partial charge in [0.15, 0.2) is 0 Å². The van der Waals surface area contributed by atoms with Gasteiger partial charge in [-0.3, -0.25) is 14.3 Å². The lowest BCUT2D eigenvalue weighted by molar-refractivity contribution is 0.715. The maximum atomic E-state index is 11.6. The number of hydrogen-bond donors (Lipinski definition) is 1. The van der Waals surface area contributed by atoms with Crippen molar-refractivity contribution >= 4 is 34.2 Å². The molecular formula is C12H10ClIN2O2. The number of hydrogen-bond acceptors (Lipinski definition) is 2. The molecule has 0 radical (unpaired) electrons. The molecule has 1 aromatic heterocycles. The van der Waals surface area contributed by atoms with Gasteiger partial charge in [-0.25, -0.2) is 4.79 Å². The van der Waals surface area contributed by atoms with Crippen molar-refractivity contribution in [2.75, 3.05) is 0 Å². The van der Waals surface area contributed by atoms with Gasteiger partial charge in [-0.2, -0.15) is 0 Å². The summed E-state index contributed by atoms with van der Waals surface area (Å²) in [5.41, 5.74) is 1.10. The van der Waals surface area contributed by atoms with Gasteiger partial charge in [0, 0.05) is 11.2 Å². The van der Waals surface area contributed by atoms with Gasteiger partial charge in [0.25, 0.3) is 5.56 Å². The molecule has 1 N–H and O–H groups in total. The van der Waals surface area contributed by atoms with Crippen molar-refractivity contribution in [2.24, 2.45) is 0 Å². The first kappa shape index (κ1) is 13.4. The van der Waals surface area contributed by atoms with Crippen LogP contribution in [0.4, 0.5) is 0 Å². The van der Waals surface area contributed by atoms with Crippen LogP contribution in [0.5, 0.6) is 0 Å². The fraction of sp³-hybridized carbons (Fsp3) is 0.167. The van der Waals surface area contributed by atoms with Gasteiger partial charge in [-0.05, 0) is 46.7 Å². The Kier molecular flexibility index (Phi) is 3.91. The van der Waals surface area contributed by atoms with Gasteiger partial charge in [0.2, 0.25) is 0 Å². The summed E-state index contributed by atoms with van der Waals surface area (Å²) >= 11 is 8.00. The molecule has 0 bridgehead atoms. The molecule has 1 aromatic carbocycles. The Hall–Kier alpha value is -1.08. The number of aromatic amines is 1. The van der Waals surface area contributed by atoms with E-state index < -0.39 is 5.69 Å². The van der Waals surface area contributed by atoms with E-state index in [1.807, 2.05) is 47.7 Å². The highest BCUT2D eigenvalue weighted by molar-refractivity contribution is 14.1. The molecule has 0 saturated carbocycles. The third-order valence-electron chi connectivity index (χ3n) is 2.52. The van der Waals surface area contributed by atoms with Crippen molar-refractivity contribution < 1.29 is 0 Å². The minimum atomic E-state index is -0.433. The molecule has 6 heteroatoms. The van der Waals surface area contributed by atoms with Crippen LogP contribution in [0.15, 0.2) is 34.0 Å². The van der Waals surface area contributed by atoms with Crippen LogP contribution in [0.2, 0.25) is 5.02 Å². The SMILES string of the molecule is Cc1ccc(Cn2cc(I)c(=O)[nH]c2=O)c(Cl)c1. The van der Waals surface area contributed by atoms with Crippen LogP contribution in [0.1, 0.15) is 11.1 Å². The van der Waals surface area contributed by atoms with Crippen LogP contribution in [0.25, 0.3) is 0 Å². The van der Waals surface area contributed by atoms with Crippen LogP contribution >= 0.6 is 34.2 Å². The third-order valence-corrected chi connectivity index (χ3v) is 3.64. The van der Waals surface area contributed by atoms with Gasteiger partial charge >= 0.3 is 5.69 Å². The van der Waals surface area contributed by atoms with Crippen molar-refractivity contribution in [3.63, 3.8) is 0 Å². The normalized spacial score (nSPS) is 10.6. The summed E-state index contributed by atoms with van der Waals surface area (Å²) in [5.74, 6) is 0. The van der Waals surface area contributed by atoms with E-state index in [0.29, 0.717) is 15.1 Å². The zero-order chi connectivity index (χ0) is 13.3. The number of rotatable bonds is 2. The Morgan fingerprint density at radius 1 is 1.39 bits per heavy atom. The highest BCUT2D eigenvalue weighted by Crippen LogP contribution is 2.18. The Morgan fingerprint density at radius 2 is 2.11 bits per heavy atom. The standard InChI is InChI=1S/C12H10ClIN2O2/c1-7-2-3-8(9(13)4-7)5-16-6-10(14)11(17)15-12(16)18/h2-4,6H,5H2,1H3,(H,15,17,18). The van der Waals surface area contributed by atoms with Gasteiger partial charge in [-0.1, -0.05) is 23.7 Å². The van der Waals surface area contributed by atoms with E-state index in [9.17, 15) is 9.59 Å². The maximum Gasteiger partial charge on any atom is 0.328 e. The largest absolute Gasteiger partial charge is 0.328 e. The van der Waals surface area contributed by atoms with Crippen molar-refractivity contribution in [2.45, 2.75) is 13.5 Å². The van der Waals surface area contributed by atoms with Gasteiger partial charge in [0.1, 0.15) is 0 Å². The lowest BCUT2D eigenvalue weighted by Crippen LogP contribution is -2.31. The summed E-state index contributed by atoms with van der Waals surface area (Å²) in [6, 6.07) is 5.66. The molecule has 2 rings (SSSR count).